The summed E-state index contributed by atoms with van der Waals surface area (Å²) in [7, 11) is 0. The number of ether oxygens (including phenoxy) is 1. The summed E-state index contributed by atoms with van der Waals surface area (Å²) in [5.74, 6) is 0.344. The number of rotatable bonds is 9. The first-order valence-electron chi connectivity index (χ1n) is 13.0. The number of nitrogens with zero attached hydrogens (tertiary/aromatic N) is 2. The average molecular weight is 548 g/mol. The molecule has 39 heavy (non-hydrogen) atoms. The number of aromatic amines is 1. The summed E-state index contributed by atoms with van der Waals surface area (Å²) in [6, 6.07) is 5.94. The van der Waals surface area contributed by atoms with Crippen LogP contribution < -0.4 is 51.4 Å². The molecule has 0 amide bonds. The van der Waals surface area contributed by atoms with E-state index in [-0.39, 0.29) is 70.9 Å². The summed E-state index contributed by atoms with van der Waals surface area (Å²) in [4.78, 5) is 25.2. The fourth-order valence-corrected chi connectivity index (χ4v) is 4.60. The molecule has 1 fully saturated rings. The molecule has 1 N–H and O–H groups in total. The summed E-state index contributed by atoms with van der Waals surface area (Å²) in [5, 5.41) is 0. The van der Waals surface area contributed by atoms with Crippen molar-refractivity contribution in [2.24, 2.45) is 5.92 Å². The van der Waals surface area contributed by atoms with Gasteiger partial charge in [-0.3, -0.25) is 4.98 Å². The molecule has 0 spiro atoms. The number of imidazole rings is 1. The van der Waals surface area contributed by atoms with E-state index in [1.807, 2.05) is 62.8 Å². The number of pyridine rings is 1. The van der Waals surface area contributed by atoms with Crippen LogP contribution in [0.3, 0.4) is 0 Å². The Morgan fingerprint density at radius 2 is 2.08 bits per heavy atom. The van der Waals surface area contributed by atoms with E-state index in [2.05, 4.69) is 34.9 Å². The number of aromatic nitrogens is 3. The van der Waals surface area contributed by atoms with E-state index in [1.54, 1.807) is 12.4 Å². The van der Waals surface area contributed by atoms with Crippen LogP contribution in [0.5, 0.6) is 0 Å². The second-order valence-electron chi connectivity index (χ2n) is 9.78. The first-order chi connectivity index (χ1) is 17.9. The number of carbonyl (C=O) groups excluding carboxylic acids is 1. The van der Waals surface area contributed by atoms with Gasteiger partial charge < -0.3 is 17.1 Å². The van der Waals surface area contributed by atoms with E-state index in [4.69, 9.17) is 11.3 Å². The Hall–Kier alpha value is -2.22. The van der Waals surface area contributed by atoms with Crippen molar-refractivity contribution in [3.8, 4) is 11.4 Å². The third-order valence-corrected chi connectivity index (χ3v) is 6.64. The van der Waals surface area contributed by atoms with Crippen molar-refractivity contribution in [1.82, 2.24) is 15.0 Å². The molecule has 2 aromatic heterocycles. The van der Waals surface area contributed by atoms with Crippen molar-refractivity contribution >= 4 is 11.5 Å². The number of aryl methyl sites for hydroxylation is 1. The Kier molecular flexibility index (Phi) is 13.1. The van der Waals surface area contributed by atoms with Crippen LogP contribution in [0.2, 0.25) is 0 Å². The molecule has 2 aromatic rings. The molecule has 0 atom stereocenters. The van der Waals surface area contributed by atoms with Gasteiger partial charge in [0.2, 0.25) is 0 Å². The van der Waals surface area contributed by atoms with Crippen LogP contribution in [0.25, 0.3) is 17.0 Å². The van der Waals surface area contributed by atoms with Gasteiger partial charge in [0.15, 0.2) is 0 Å². The number of nitrogens with one attached hydrogen (secondary N) is 1. The molecular weight excluding hydrogens is 509 g/mol. The maximum absolute atomic E-state index is 12.7. The first kappa shape index (κ1) is 33.0. The molecule has 5 nitrogen and oxygen atoms in total. The first-order valence-corrected chi connectivity index (χ1v) is 13.0. The quantitative estimate of drug-likeness (QED) is 0.163. The van der Waals surface area contributed by atoms with Crippen molar-refractivity contribution in [1.29, 1.82) is 0 Å². The average Bonchev–Trinajstić information content (AvgIpc) is 3.36. The molecule has 0 aromatic carbocycles. The molecule has 1 saturated carbocycles. The minimum absolute atomic E-state index is 0. The van der Waals surface area contributed by atoms with E-state index >= 15 is 0 Å². The van der Waals surface area contributed by atoms with Crippen LogP contribution in [0.4, 0.5) is 0 Å². The zero-order valence-corrected chi connectivity index (χ0v) is 27.2. The molecule has 0 bridgehead atoms. The zero-order valence-electron chi connectivity index (χ0n) is 24.1. The molecule has 2 aliphatic carbocycles. The minimum Gasteiger partial charge on any atom is -0.459 e. The van der Waals surface area contributed by atoms with Gasteiger partial charge in [-0.1, -0.05) is 50.5 Å². The van der Waals surface area contributed by atoms with Gasteiger partial charge in [-0.25, -0.2) is 16.4 Å². The maximum Gasteiger partial charge on any atom is 1.00 e. The molecule has 4 rings (SSSR count). The monoisotopic (exact) mass is 547 g/mol. The van der Waals surface area contributed by atoms with Crippen molar-refractivity contribution in [2.75, 3.05) is 0 Å². The van der Waals surface area contributed by atoms with Crippen molar-refractivity contribution < 1.29 is 60.9 Å². The predicted octanol–water partition coefficient (Wildman–Crippen LogP) is 4.69. The normalized spacial score (nSPS) is 19.7. The summed E-state index contributed by atoms with van der Waals surface area (Å²) >= 11 is 0. The summed E-state index contributed by atoms with van der Waals surface area (Å²) in [6.07, 6.45) is 19.0. The third-order valence-electron chi connectivity index (χ3n) is 6.64. The maximum atomic E-state index is 12.7. The van der Waals surface area contributed by atoms with Crippen LogP contribution in [-0.4, -0.2) is 27.0 Å². The van der Waals surface area contributed by atoms with E-state index in [0.29, 0.717) is 17.1 Å². The second-order valence-corrected chi connectivity index (χ2v) is 9.78. The summed E-state index contributed by atoms with van der Waals surface area (Å²) < 4.78 is 5.67. The van der Waals surface area contributed by atoms with E-state index < -0.39 is 0 Å². The zero-order chi connectivity index (χ0) is 26.4. The van der Waals surface area contributed by atoms with Crippen LogP contribution in [0.1, 0.15) is 57.8 Å². The van der Waals surface area contributed by atoms with Crippen LogP contribution in [-0.2, 0) is 9.53 Å². The van der Waals surface area contributed by atoms with Gasteiger partial charge in [-0.05, 0) is 44.7 Å². The van der Waals surface area contributed by atoms with Gasteiger partial charge in [0.25, 0.3) is 0 Å². The largest absolute Gasteiger partial charge is 1.00 e. The van der Waals surface area contributed by atoms with Gasteiger partial charge in [-0.15, -0.1) is 35.8 Å². The fourth-order valence-electron chi connectivity index (χ4n) is 4.60. The number of carbonyl (C=O) groups is 1. The molecule has 2 heterocycles. The van der Waals surface area contributed by atoms with Crippen molar-refractivity contribution in [3.05, 3.63) is 115 Å². The van der Waals surface area contributed by atoms with Crippen LogP contribution in [0.15, 0.2) is 83.3 Å². The Morgan fingerprint density at radius 3 is 2.74 bits per heavy atom. The smallest absolute Gasteiger partial charge is 0.459 e. The van der Waals surface area contributed by atoms with Crippen LogP contribution in [0, 0.1) is 33.3 Å². The van der Waals surface area contributed by atoms with Gasteiger partial charge in [0, 0.05) is 11.3 Å². The number of esters is 1. The van der Waals surface area contributed by atoms with Gasteiger partial charge in [-0.2, -0.15) is 11.6 Å². The SMILES string of the molecule is [CH-]=C(/C=C1/C=C(c2nc[nH]c2-c2cccc(C)n2)C=C[CH-]1)/C(=C/C(=C\C)C(=O)OC1CC(C)C1)CCC.[CH3-].[K+]. The number of allylic oxidation sites excluding steroid dienone is 9. The summed E-state index contributed by atoms with van der Waals surface area (Å²) in [6.45, 7) is 14.7. The van der Waals surface area contributed by atoms with Gasteiger partial charge in [0.05, 0.1) is 23.4 Å². The third kappa shape index (κ3) is 8.63. The number of hydrogen-bond acceptors (Lipinski definition) is 4. The Morgan fingerprint density at radius 1 is 1.31 bits per heavy atom. The van der Waals surface area contributed by atoms with Crippen LogP contribution >= 0.6 is 0 Å². The minimum atomic E-state index is -0.279. The Labute approximate surface area is 276 Å². The molecular formula is C33H38KN3O2-2. The van der Waals surface area contributed by atoms with Gasteiger partial charge in [0.1, 0.15) is 6.10 Å². The second kappa shape index (κ2) is 15.5. The molecule has 0 saturated heterocycles. The van der Waals surface area contributed by atoms with E-state index in [1.165, 1.54) is 0 Å². The molecule has 0 aliphatic heterocycles. The summed E-state index contributed by atoms with van der Waals surface area (Å²) in [5.41, 5.74) is 7.52. The number of hydrogen-bond donors (Lipinski definition) is 1. The topological polar surface area (TPSA) is 67.9 Å². The standard InChI is InChI=1S/C32H35N3O2.CH3.K/c1-6-10-26(19-25(7-2)32(36)37-28-15-21(3)16-28)22(4)17-24-12-9-13-27(18-24)30-31(34-20-33-30)29-14-8-11-23(5)35-29;;/h4,7-9,11-14,17-21,28H,6,10,15-16H2,1-3,5H3,(H,33,34);1H3;/q-2;-1;+1/b24-17+,25-7+,26-19+;;. The molecule has 200 valence electrons. The van der Waals surface area contributed by atoms with Crippen molar-refractivity contribution in [3.63, 3.8) is 0 Å². The molecule has 0 radical (unpaired) electrons. The van der Waals surface area contributed by atoms with Crippen molar-refractivity contribution in [2.45, 2.75) is 59.5 Å². The molecule has 2 aliphatic rings. The van der Waals surface area contributed by atoms with Gasteiger partial charge >= 0.3 is 57.4 Å². The molecule has 0 unspecified atom stereocenters. The number of H-pyrrole nitrogens is 1. The fraction of sp³-hybridized carbons (Fsp3) is 0.303. The Balaban J connectivity index is 0.00000267. The van der Waals surface area contributed by atoms with E-state index in [0.717, 1.165) is 65.2 Å². The predicted molar refractivity (Wildman–Crippen MR) is 155 cm³/mol. The Bertz CT molecular complexity index is 1320. The van der Waals surface area contributed by atoms with E-state index in [9.17, 15) is 4.79 Å². The molecule has 6 heteroatoms.